The van der Waals surface area contributed by atoms with Crippen LogP contribution < -0.4 is 16.4 Å². The van der Waals surface area contributed by atoms with Crippen molar-refractivity contribution in [3.63, 3.8) is 0 Å². The van der Waals surface area contributed by atoms with Crippen LogP contribution in [-0.4, -0.2) is 49.6 Å². The first-order chi connectivity index (χ1) is 8.32. The Morgan fingerprint density at radius 1 is 1.37 bits per heavy atom. The van der Waals surface area contributed by atoms with Crippen molar-refractivity contribution < 1.29 is 9.59 Å². The molecule has 19 heavy (non-hydrogen) atoms. The van der Waals surface area contributed by atoms with E-state index in [0.29, 0.717) is 13.1 Å². The maximum Gasteiger partial charge on any atom is 0.321 e. The molecule has 0 heterocycles. The van der Waals surface area contributed by atoms with Gasteiger partial charge in [-0.3, -0.25) is 15.0 Å². The lowest BCUT2D eigenvalue weighted by atomic mass is 9.93. The number of rotatable bonds is 6. The van der Waals surface area contributed by atoms with E-state index in [1.807, 2.05) is 25.8 Å². The van der Waals surface area contributed by atoms with E-state index in [1.165, 1.54) is 0 Å². The number of nitrogens with two attached hydrogens (primary N) is 1. The Morgan fingerprint density at radius 3 is 2.42 bits per heavy atom. The number of halogens is 1. The largest absolute Gasteiger partial charge is 0.335 e. The number of nitrogens with zero attached hydrogens (tertiary/aromatic N) is 1. The lowest BCUT2D eigenvalue weighted by Gasteiger charge is -2.28. The van der Waals surface area contributed by atoms with Gasteiger partial charge in [0.1, 0.15) is 0 Å². The van der Waals surface area contributed by atoms with E-state index < -0.39 is 6.03 Å². The van der Waals surface area contributed by atoms with Crippen molar-refractivity contribution in [1.82, 2.24) is 15.5 Å². The van der Waals surface area contributed by atoms with Gasteiger partial charge in [-0.25, -0.2) is 4.79 Å². The Kier molecular flexibility index (Phi) is 7.33. The summed E-state index contributed by atoms with van der Waals surface area (Å²) >= 11 is 0. The Morgan fingerprint density at radius 2 is 1.95 bits per heavy atom. The summed E-state index contributed by atoms with van der Waals surface area (Å²) in [6, 6.07) is -0.138. The van der Waals surface area contributed by atoms with Crippen LogP contribution >= 0.6 is 12.4 Å². The van der Waals surface area contributed by atoms with E-state index in [4.69, 9.17) is 5.73 Å². The number of hydrogen-bond donors (Lipinski definition) is 3. The summed E-state index contributed by atoms with van der Waals surface area (Å²) in [7, 11) is 1.84. The Labute approximate surface area is 120 Å². The molecule has 0 atom stereocenters. The second-order valence-electron chi connectivity index (χ2n) is 5.84. The molecule has 0 aromatic carbocycles. The number of carbonyl (C=O) groups is 2. The highest BCUT2D eigenvalue weighted by atomic mass is 35.5. The second kappa shape index (κ2) is 7.67. The zero-order valence-electron chi connectivity index (χ0n) is 11.9. The zero-order chi connectivity index (χ0) is 13.8. The van der Waals surface area contributed by atoms with Crippen molar-refractivity contribution in [2.75, 3.05) is 26.7 Å². The molecule has 7 heteroatoms. The summed E-state index contributed by atoms with van der Waals surface area (Å²) in [6.07, 6.45) is 2.01. The Balaban J connectivity index is 0.00000324. The molecule has 1 fully saturated rings. The number of carbonyl (C=O) groups excluding carboxylic acids is 2. The van der Waals surface area contributed by atoms with Crippen LogP contribution in [0.2, 0.25) is 0 Å². The first-order valence-electron chi connectivity index (χ1n) is 6.31. The molecule has 0 radical (unpaired) electrons. The number of imide groups is 1. The highest BCUT2D eigenvalue weighted by Crippen LogP contribution is 2.18. The van der Waals surface area contributed by atoms with Gasteiger partial charge in [0.25, 0.3) is 0 Å². The molecule has 4 N–H and O–H groups in total. The molecule has 0 unspecified atom stereocenters. The fourth-order valence-electron chi connectivity index (χ4n) is 1.71. The maximum absolute atomic E-state index is 11.6. The average molecular weight is 293 g/mol. The van der Waals surface area contributed by atoms with Gasteiger partial charge in [0.15, 0.2) is 0 Å². The summed E-state index contributed by atoms with van der Waals surface area (Å²) in [5.74, 6) is -0.288. The average Bonchev–Trinajstić information content (AvgIpc) is 2.99. The van der Waals surface area contributed by atoms with Crippen LogP contribution in [0, 0.1) is 5.41 Å². The van der Waals surface area contributed by atoms with Crippen molar-refractivity contribution in [3.8, 4) is 0 Å². The quantitative estimate of drug-likeness (QED) is 0.658. The van der Waals surface area contributed by atoms with Gasteiger partial charge >= 0.3 is 6.03 Å². The van der Waals surface area contributed by atoms with Gasteiger partial charge in [0.2, 0.25) is 5.91 Å². The molecule has 0 aromatic heterocycles. The molecule has 0 aliphatic heterocycles. The summed E-state index contributed by atoms with van der Waals surface area (Å²) < 4.78 is 0. The fraction of sp³-hybridized carbons (Fsp3) is 0.833. The van der Waals surface area contributed by atoms with Crippen LogP contribution in [0.5, 0.6) is 0 Å². The highest BCUT2D eigenvalue weighted by Gasteiger charge is 2.24. The van der Waals surface area contributed by atoms with E-state index in [9.17, 15) is 9.59 Å². The summed E-state index contributed by atoms with van der Waals surface area (Å²) in [5, 5.41) is 5.03. The van der Waals surface area contributed by atoms with Crippen molar-refractivity contribution in [2.24, 2.45) is 11.1 Å². The molecule has 0 saturated heterocycles. The maximum atomic E-state index is 11.6. The molecule has 0 bridgehead atoms. The van der Waals surface area contributed by atoms with Crippen LogP contribution in [0.25, 0.3) is 0 Å². The monoisotopic (exact) mass is 292 g/mol. The molecule has 6 nitrogen and oxygen atoms in total. The van der Waals surface area contributed by atoms with Crippen molar-refractivity contribution in [3.05, 3.63) is 0 Å². The van der Waals surface area contributed by atoms with Gasteiger partial charge in [-0.1, -0.05) is 13.8 Å². The SMILES string of the molecule is CN(CC(=O)NC(=O)NC1CC1)CC(C)(C)CN.Cl. The molecular formula is C12H25ClN4O2. The van der Waals surface area contributed by atoms with E-state index in [1.54, 1.807) is 0 Å². The Hall–Kier alpha value is -0.850. The molecule has 0 spiro atoms. The Bertz CT molecular complexity index is 319. The van der Waals surface area contributed by atoms with Crippen LogP contribution in [-0.2, 0) is 4.79 Å². The first-order valence-corrected chi connectivity index (χ1v) is 6.31. The second-order valence-corrected chi connectivity index (χ2v) is 5.84. The van der Waals surface area contributed by atoms with Gasteiger partial charge in [0.05, 0.1) is 6.54 Å². The minimum atomic E-state index is -0.394. The summed E-state index contributed by atoms with van der Waals surface area (Å²) in [5.41, 5.74) is 5.60. The predicted molar refractivity (Wildman–Crippen MR) is 77.3 cm³/mol. The molecule has 3 amide bonds. The van der Waals surface area contributed by atoms with Gasteiger partial charge in [0, 0.05) is 12.6 Å². The van der Waals surface area contributed by atoms with Crippen LogP contribution in [0.3, 0.4) is 0 Å². The van der Waals surface area contributed by atoms with E-state index in [0.717, 1.165) is 12.8 Å². The number of nitrogens with one attached hydrogen (secondary N) is 2. The summed E-state index contributed by atoms with van der Waals surface area (Å²) in [6.45, 7) is 5.55. The van der Waals surface area contributed by atoms with Crippen LogP contribution in [0.1, 0.15) is 26.7 Å². The fourth-order valence-corrected chi connectivity index (χ4v) is 1.71. The third kappa shape index (κ3) is 8.02. The molecule has 1 saturated carbocycles. The highest BCUT2D eigenvalue weighted by molar-refractivity contribution is 5.95. The molecule has 1 rings (SSSR count). The standard InChI is InChI=1S/C12H24N4O2.ClH/c1-12(2,7-13)8-16(3)6-10(17)15-11(18)14-9-4-5-9;/h9H,4-8,13H2,1-3H3,(H2,14,15,17,18);1H. The third-order valence-electron chi connectivity index (χ3n) is 2.83. The summed E-state index contributed by atoms with van der Waals surface area (Å²) in [4.78, 5) is 24.8. The number of hydrogen-bond acceptors (Lipinski definition) is 4. The number of likely N-dealkylation sites (N-methyl/N-ethyl adjacent to an activating group) is 1. The molecule has 1 aliphatic carbocycles. The van der Waals surface area contributed by atoms with E-state index in [-0.39, 0.29) is 36.3 Å². The third-order valence-corrected chi connectivity index (χ3v) is 2.83. The van der Waals surface area contributed by atoms with Crippen LogP contribution in [0.4, 0.5) is 4.79 Å². The normalized spacial score (nSPS) is 14.8. The molecule has 112 valence electrons. The van der Waals surface area contributed by atoms with Gasteiger partial charge in [-0.15, -0.1) is 12.4 Å². The van der Waals surface area contributed by atoms with Gasteiger partial charge in [-0.2, -0.15) is 0 Å². The van der Waals surface area contributed by atoms with Gasteiger partial charge in [-0.05, 0) is 31.8 Å². The number of urea groups is 1. The van der Waals surface area contributed by atoms with Crippen molar-refractivity contribution >= 4 is 24.3 Å². The topological polar surface area (TPSA) is 87.5 Å². The van der Waals surface area contributed by atoms with Crippen molar-refractivity contribution in [2.45, 2.75) is 32.7 Å². The molecule has 0 aromatic rings. The number of amides is 3. The molecular weight excluding hydrogens is 268 g/mol. The smallest absolute Gasteiger partial charge is 0.321 e. The first kappa shape index (κ1) is 18.1. The van der Waals surface area contributed by atoms with Crippen LogP contribution in [0.15, 0.2) is 0 Å². The lowest BCUT2D eigenvalue weighted by Crippen LogP contribution is -2.46. The van der Waals surface area contributed by atoms with Gasteiger partial charge < -0.3 is 11.1 Å². The minimum Gasteiger partial charge on any atom is -0.335 e. The van der Waals surface area contributed by atoms with E-state index in [2.05, 4.69) is 10.6 Å². The molecule has 1 aliphatic rings. The van der Waals surface area contributed by atoms with Crippen molar-refractivity contribution in [1.29, 1.82) is 0 Å². The zero-order valence-corrected chi connectivity index (χ0v) is 12.7. The van der Waals surface area contributed by atoms with E-state index >= 15 is 0 Å². The lowest BCUT2D eigenvalue weighted by molar-refractivity contribution is -0.121. The minimum absolute atomic E-state index is 0. The predicted octanol–water partition coefficient (Wildman–Crippen LogP) is 0.313.